The molecule has 14 heavy (non-hydrogen) atoms. The quantitative estimate of drug-likeness (QED) is 0.515. The summed E-state index contributed by atoms with van der Waals surface area (Å²) in [4.78, 5) is 0. The second kappa shape index (κ2) is 3.67. The number of halogens is 4. The standard InChI is InChI=1S/C7H10F4O2S/c8-7(9,10)5-3-1-2-4-6(5)14(11,12)13/h5-6H,1-4H2. The van der Waals surface area contributed by atoms with Crippen molar-refractivity contribution in [3.8, 4) is 0 Å². The second-order valence-corrected chi connectivity index (χ2v) is 5.00. The van der Waals surface area contributed by atoms with Crippen LogP contribution in [0.15, 0.2) is 0 Å². The molecular weight excluding hydrogens is 224 g/mol. The summed E-state index contributed by atoms with van der Waals surface area (Å²) >= 11 is 0. The van der Waals surface area contributed by atoms with Gasteiger partial charge in [0.25, 0.3) is 0 Å². The van der Waals surface area contributed by atoms with E-state index >= 15 is 0 Å². The molecule has 2 atom stereocenters. The van der Waals surface area contributed by atoms with Crippen molar-refractivity contribution in [2.75, 3.05) is 0 Å². The molecule has 84 valence electrons. The van der Waals surface area contributed by atoms with Crippen molar-refractivity contribution in [2.24, 2.45) is 5.92 Å². The molecule has 1 fully saturated rings. The molecule has 7 heteroatoms. The van der Waals surface area contributed by atoms with E-state index in [2.05, 4.69) is 0 Å². The topological polar surface area (TPSA) is 34.1 Å². The minimum atomic E-state index is -5.08. The molecule has 0 spiro atoms. The lowest BCUT2D eigenvalue weighted by Crippen LogP contribution is -2.40. The summed E-state index contributed by atoms with van der Waals surface area (Å²) < 4.78 is 70.4. The van der Waals surface area contributed by atoms with E-state index < -0.39 is 27.6 Å². The van der Waals surface area contributed by atoms with Crippen LogP contribution in [0.3, 0.4) is 0 Å². The summed E-state index contributed by atoms with van der Waals surface area (Å²) in [5, 5.41) is -1.89. The Labute approximate surface area is 79.5 Å². The first-order valence-corrected chi connectivity index (χ1v) is 5.68. The van der Waals surface area contributed by atoms with Gasteiger partial charge in [-0.25, -0.2) is 0 Å². The smallest absolute Gasteiger partial charge is 0.195 e. The number of alkyl halides is 3. The summed E-state index contributed by atoms with van der Waals surface area (Å²) in [5.74, 6) is -2.04. The highest BCUT2D eigenvalue weighted by Gasteiger charge is 2.50. The van der Waals surface area contributed by atoms with Gasteiger partial charge in [-0.15, -0.1) is 3.89 Å². The van der Waals surface area contributed by atoms with Gasteiger partial charge in [0, 0.05) is 0 Å². The lowest BCUT2D eigenvalue weighted by molar-refractivity contribution is -0.180. The fraction of sp³-hybridized carbons (Fsp3) is 1.00. The van der Waals surface area contributed by atoms with Crippen LogP contribution in [-0.4, -0.2) is 19.8 Å². The van der Waals surface area contributed by atoms with Crippen LogP contribution in [-0.2, 0) is 10.2 Å². The fourth-order valence-corrected chi connectivity index (χ4v) is 2.94. The summed E-state index contributed by atoms with van der Waals surface area (Å²) in [6, 6.07) is 0. The van der Waals surface area contributed by atoms with Crippen molar-refractivity contribution in [1.29, 1.82) is 0 Å². The van der Waals surface area contributed by atoms with Gasteiger partial charge in [-0.1, -0.05) is 12.8 Å². The molecule has 0 aromatic carbocycles. The number of hydrogen-bond donors (Lipinski definition) is 0. The van der Waals surface area contributed by atoms with E-state index in [-0.39, 0.29) is 12.8 Å². The zero-order valence-corrected chi connectivity index (χ0v) is 8.04. The molecular formula is C7H10F4O2S. The summed E-state index contributed by atoms with van der Waals surface area (Å²) in [5.41, 5.74) is 0. The van der Waals surface area contributed by atoms with E-state index in [0.29, 0.717) is 12.8 Å². The number of hydrogen-bond acceptors (Lipinski definition) is 2. The van der Waals surface area contributed by atoms with Gasteiger partial charge in [-0.3, -0.25) is 0 Å². The third-order valence-electron chi connectivity index (χ3n) is 2.48. The Kier molecular flexibility index (Phi) is 3.08. The fourth-order valence-electron chi connectivity index (χ4n) is 1.81. The molecule has 1 rings (SSSR count). The first-order chi connectivity index (χ1) is 6.23. The average Bonchev–Trinajstić information content (AvgIpc) is 2.01. The molecule has 1 saturated carbocycles. The third kappa shape index (κ3) is 2.59. The Morgan fingerprint density at radius 2 is 1.57 bits per heavy atom. The van der Waals surface area contributed by atoms with Crippen LogP contribution < -0.4 is 0 Å². The molecule has 0 heterocycles. The van der Waals surface area contributed by atoms with Gasteiger partial charge in [0.1, 0.15) is 5.25 Å². The van der Waals surface area contributed by atoms with Gasteiger partial charge in [0.15, 0.2) is 0 Å². The summed E-state index contributed by atoms with van der Waals surface area (Å²) in [6.07, 6.45) is -4.51. The highest BCUT2D eigenvalue weighted by Crippen LogP contribution is 2.41. The maximum atomic E-state index is 12.5. The normalized spacial score (nSPS) is 30.3. The van der Waals surface area contributed by atoms with E-state index in [1.807, 2.05) is 0 Å². The van der Waals surface area contributed by atoms with Crippen LogP contribution in [0.2, 0.25) is 0 Å². The van der Waals surface area contributed by atoms with Gasteiger partial charge in [-0.2, -0.15) is 21.6 Å². The highest BCUT2D eigenvalue weighted by molar-refractivity contribution is 7.87. The van der Waals surface area contributed by atoms with Gasteiger partial charge in [0.05, 0.1) is 5.92 Å². The molecule has 0 bridgehead atoms. The first kappa shape index (κ1) is 11.7. The highest BCUT2D eigenvalue weighted by atomic mass is 32.3. The largest absolute Gasteiger partial charge is 0.393 e. The molecule has 0 N–H and O–H groups in total. The van der Waals surface area contributed by atoms with Crippen molar-refractivity contribution in [3.63, 3.8) is 0 Å². The van der Waals surface area contributed by atoms with Crippen molar-refractivity contribution in [2.45, 2.75) is 37.1 Å². The molecule has 1 aliphatic carbocycles. The molecule has 2 nitrogen and oxygen atoms in total. The summed E-state index contributed by atoms with van der Waals surface area (Å²) in [6.45, 7) is 0. The van der Waals surface area contributed by atoms with Crippen LogP contribution >= 0.6 is 0 Å². The summed E-state index contributed by atoms with van der Waals surface area (Å²) in [7, 11) is -5.08. The average molecular weight is 234 g/mol. The maximum absolute atomic E-state index is 12.5. The maximum Gasteiger partial charge on any atom is 0.393 e. The van der Waals surface area contributed by atoms with Crippen molar-refractivity contribution >= 4 is 10.2 Å². The zero-order chi connectivity index (χ0) is 11.0. The molecule has 0 aromatic heterocycles. The Bertz CT molecular complexity index is 295. The monoisotopic (exact) mass is 234 g/mol. The van der Waals surface area contributed by atoms with Gasteiger partial charge in [0.2, 0.25) is 0 Å². The van der Waals surface area contributed by atoms with Crippen molar-refractivity contribution in [3.05, 3.63) is 0 Å². The van der Waals surface area contributed by atoms with E-state index in [4.69, 9.17) is 0 Å². The van der Waals surface area contributed by atoms with Crippen molar-refractivity contribution < 1.29 is 25.5 Å². The van der Waals surface area contributed by atoms with Crippen LogP contribution in [0.1, 0.15) is 25.7 Å². The van der Waals surface area contributed by atoms with Gasteiger partial charge < -0.3 is 0 Å². The molecule has 0 radical (unpaired) electrons. The molecule has 0 saturated heterocycles. The third-order valence-corrected chi connectivity index (χ3v) is 3.77. The van der Waals surface area contributed by atoms with Crippen molar-refractivity contribution in [1.82, 2.24) is 0 Å². The molecule has 0 amide bonds. The molecule has 0 aliphatic heterocycles. The lowest BCUT2D eigenvalue weighted by Gasteiger charge is -2.29. The Hall–Kier alpha value is -0.330. The van der Waals surface area contributed by atoms with Crippen LogP contribution in [0.4, 0.5) is 17.1 Å². The van der Waals surface area contributed by atoms with E-state index in [9.17, 15) is 25.5 Å². The number of rotatable bonds is 1. The van der Waals surface area contributed by atoms with E-state index in [0.717, 1.165) is 0 Å². The lowest BCUT2D eigenvalue weighted by atomic mass is 9.88. The molecule has 0 aromatic rings. The predicted octanol–water partition coefficient (Wildman–Crippen LogP) is 2.41. The minimum absolute atomic E-state index is 0.233. The van der Waals surface area contributed by atoms with Crippen LogP contribution in [0.5, 0.6) is 0 Å². The Balaban J connectivity index is 2.91. The molecule has 1 aliphatic rings. The first-order valence-electron chi connectivity index (χ1n) is 4.23. The SMILES string of the molecule is O=S(=O)(F)C1CCCCC1C(F)(F)F. The van der Waals surface area contributed by atoms with Crippen LogP contribution in [0, 0.1) is 5.92 Å². The zero-order valence-electron chi connectivity index (χ0n) is 7.22. The molecule has 2 unspecified atom stereocenters. The van der Waals surface area contributed by atoms with E-state index in [1.54, 1.807) is 0 Å². The van der Waals surface area contributed by atoms with E-state index in [1.165, 1.54) is 0 Å². The Morgan fingerprint density at radius 3 is 1.93 bits per heavy atom. The predicted molar refractivity (Wildman–Crippen MR) is 41.8 cm³/mol. The minimum Gasteiger partial charge on any atom is -0.195 e. The second-order valence-electron chi connectivity index (χ2n) is 3.45. The van der Waals surface area contributed by atoms with Gasteiger partial charge in [-0.05, 0) is 12.8 Å². The van der Waals surface area contributed by atoms with Gasteiger partial charge >= 0.3 is 16.4 Å². The Morgan fingerprint density at radius 1 is 1.07 bits per heavy atom. The van der Waals surface area contributed by atoms with Crippen LogP contribution in [0.25, 0.3) is 0 Å².